The van der Waals surface area contributed by atoms with Crippen molar-refractivity contribution in [3.05, 3.63) is 77.2 Å². The fourth-order valence-electron chi connectivity index (χ4n) is 4.09. The molecule has 23 heavy (non-hydrogen) atoms. The Morgan fingerprint density at radius 2 is 2.13 bits per heavy atom. The lowest BCUT2D eigenvalue weighted by Gasteiger charge is -2.08. The van der Waals surface area contributed by atoms with Gasteiger partial charge in [-0.1, -0.05) is 35.5 Å². The summed E-state index contributed by atoms with van der Waals surface area (Å²) in [6, 6.07) is 12.8. The van der Waals surface area contributed by atoms with Crippen LogP contribution in [0.25, 0.3) is 0 Å². The molecule has 2 aliphatic rings. The summed E-state index contributed by atoms with van der Waals surface area (Å²) >= 11 is 0. The minimum atomic E-state index is 0.259. The van der Waals surface area contributed by atoms with Gasteiger partial charge in [-0.05, 0) is 42.0 Å². The molecule has 114 valence electrons. The number of fused-ring (bicyclic) bond motifs is 2. The average molecular weight is 303 g/mol. The highest BCUT2D eigenvalue weighted by molar-refractivity contribution is 5.48. The predicted molar refractivity (Wildman–Crippen MR) is 85.1 cm³/mol. The highest BCUT2D eigenvalue weighted by Gasteiger charge is 2.61. The topological polar surface area (TPSA) is 51.8 Å². The fraction of sp³-hybridized carbons (Fsp3) is 0.316. The molecule has 5 rings (SSSR count). The highest BCUT2D eigenvalue weighted by Crippen LogP contribution is 2.65. The van der Waals surface area contributed by atoms with Gasteiger partial charge in [-0.15, -0.1) is 0 Å². The molecule has 0 aliphatic heterocycles. The SMILES string of the molecule is c1cncc(Cc2noc(C3CC34CCc3ccccc34)n2)c1. The van der Waals surface area contributed by atoms with Gasteiger partial charge in [0, 0.05) is 30.1 Å². The molecule has 2 aromatic heterocycles. The zero-order valence-corrected chi connectivity index (χ0v) is 12.8. The molecule has 4 nitrogen and oxygen atoms in total. The number of benzene rings is 1. The Morgan fingerprint density at radius 3 is 3.04 bits per heavy atom. The highest BCUT2D eigenvalue weighted by atomic mass is 16.5. The van der Waals surface area contributed by atoms with Gasteiger partial charge in [0.25, 0.3) is 0 Å². The smallest absolute Gasteiger partial charge is 0.230 e. The second kappa shape index (κ2) is 4.75. The second-order valence-electron chi connectivity index (χ2n) is 6.66. The average Bonchev–Trinajstić information content (AvgIpc) is 2.94. The number of pyridine rings is 1. The van der Waals surface area contributed by atoms with Gasteiger partial charge in [0.15, 0.2) is 5.82 Å². The quantitative estimate of drug-likeness (QED) is 0.744. The first-order chi connectivity index (χ1) is 11.4. The molecule has 0 radical (unpaired) electrons. The standard InChI is InChI=1S/C19H17N3O/c1-2-6-15-14(5-1)7-8-19(15)11-16(19)18-21-17(22-23-18)10-13-4-3-9-20-12-13/h1-6,9,12,16H,7-8,10-11H2. The lowest BCUT2D eigenvalue weighted by Crippen LogP contribution is -2.04. The third kappa shape index (κ3) is 2.01. The van der Waals surface area contributed by atoms with E-state index in [0.29, 0.717) is 12.3 Å². The molecule has 1 aromatic carbocycles. The van der Waals surface area contributed by atoms with E-state index in [1.807, 2.05) is 18.3 Å². The third-order valence-electron chi connectivity index (χ3n) is 5.34. The molecule has 0 saturated heterocycles. The van der Waals surface area contributed by atoms with Crippen LogP contribution < -0.4 is 0 Å². The number of aryl methyl sites for hydroxylation is 1. The maximum atomic E-state index is 5.58. The van der Waals surface area contributed by atoms with Crippen LogP contribution in [0.1, 0.15) is 47.2 Å². The first-order valence-electron chi connectivity index (χ1n) is 8.15. The molecule has 1 spiro atoms. The Labute approximate surface area is 134 Å². The number of rotatable bonds is 3. The molecule has 2 heterocycles. The number of aromatic nitrogens is 3. The summed E-state index contributed by atoms with van der Waals surface area (Å²) in [7, 11) is 0. The maximum absolute atomic E-state index is 5.58. The van der Waals surface area contributed by atoms with Crippen molar-refractivity contribution < 1.29 is 4.52 Å². The van der Waals surface area contributed by atoms with Crippen LogP contribution >= 0.6 is 0 Å². The minimum Gasteiger partial charge on any atom is -0.339 e. The van der Waals surface area contributed by atoms with Crippen LogP contribution in [0.2, 0.25) is 0 Å². The number of hydrogen-bond donors (Lipinski definition) is 0. The van der Waals surface area contributed by atoms with Gasteiger partial charge in [0.2, 0.25) is 5.89 Å². The van der Waals surface area contributed by atoms with Crippen molar-refractivity contribution in [3.63, 3.8) is 0 Å². The Bertz CT molecular complexity index is 858. The summed E-state index contributed by atoms with van der Waals surface area (Å²) < 4.78 is 5.58. The van der Waals surface area contributed by atoms with E-state index < -0.39 is 0 Å². The summed E-state index contributed by atoms with van der Waals surface area (Å²) in [6.45, 7) is 0. The lowest BCUT2D eigenvalue weighted by molar-refractivity contribution is 0.367. The fourth-order valence-corrected chi connectivity index (χ4v) is 4.09. The van der Waals surface area contributed by atoms with Crippen LogP contribution in [0.15, 0.2) is 53.3 Å². The van der Waals surface area contributed by atoms with Crippen molar-refractivity contribution >= 4 is 0 Å². The summed E-state index contributed by atoms with van der Waals surface area (Å²) in [5.74, 6) is 1.95. The van der Waals surface area contributed by atoms with Gasteiger partial charge in [-0.2, -0.15) is 4.98 Å². The molecule has 0 bridgehead atoms. The predicted octanol–water partition coefficient (Wildman–Crippen LogP) is 3.43. The van der Waals surface area contributed by atoms with Gasteiger partial charge >= 0.3 is 0 Å². The van der Waals surface area contributed by atoms with E-state index in [0.717, 1.165) is 23.7 Å². The number of nitrogens with zero attached hydrogens (tertiary/aromatic N) is 3. The maximum Gasteiger partial charge on any atom is 0.230 e. The molecule has 4 heteroatoms. The van der Waals surface area contributed by atoms with E-state index in [-0.39, 0.29) is 5.41 Å². The van der Waals surface area contributed by atoms with Gasteiger partial charge < -0.3 is 4.52 Å². The van der Waals surface area contributed by atoms with E-state index >= 15 is 0 Å². The zero-order chi connectivity index (χ0) is 15.3. The molecule has 2 unspecified atom stereocenters. The van der Waals surface area contributed by atoms with Gasteiger partial charge in [0.1, 0.15) is 0 Å². The molecule has 2 aliphatic carbocycles. The van der Waals surface area contributed by atoms with Crippen molar-refractivity contribution in [2.45, 2.75) is 37.0 Å². The van der Waals surface area contributed by atoms with Crippen LogP contribution in [0.5, 0.6) is 0 Å². The van der Waals surface area contributed by atoms with Gasteiger partial charge in [0.05, 0.1) is 0 Å². The lowest BCUT2D eigenvalue weighted by atomic mass is 9.95. The molecule has 1 saturated carbocycles. The normalized spacial score (nSPS) is 24.8. The summed E-state index contributed by atoms with van der Waals surface area (Å²) in [5, 5.41) is 4.17. The zero-order valence-electron chi connectivity index (χ0n) is 12.8. The van der Waals surface area contributed by atoms with Crippen molar-refractivity contribution in [2.24, 2.45) is 0 Å². The molecular weight excluding hydrogens is 286 g/mol. The molecule has 1 fully saturated rings. The second-order valence-corrected chi connectivity index (χ2v) is 6.66. The molecular formula is C19H17N3O. The Hall–Kier alpha value is -2.49. The first kappa shape index (κ1) is 13.0. The van der Waals surface area contributed by atoms with Crippen LogP contribution in [0, 0.1) is 0 Å². The summed E-state index contributed by atoms with van der Waals surface area (Å²) in [5.41, 5.74) is 4.35. The van der Waals surface area contributed by atoms with E-state index in [1.165, 1.54) is 24.0 Å². The largest absolute Gasteiger partial charge is 0.339 e. The van der Waals surface area contributed by atoms with E-state index in [4.69, 9.17) is 4.52 Å². The molecule has 0 amide bonds. The Morgan fingerprint density at radius 1 is 1.17 bits per heavy atom. The van der Waals surface area contributed by atoms with Crippen molar-refractivity contribution in [3.8, 4) is 0 Å². The van der Waals surface area contributed by atoms with Crippen molar-refractivity contribution in [2.75, 3.05) is 0 Å². The Kier molecular flexibility index (Phi) is 2.68. The van der Waals surface area contributed by atoms with Crippen molar-refractivity contribution in [1.29, 1.82) is 0 Å². The number of hydrogen-bond acceptors (Lipinski definition) is 4. The third-order valence-corrected chi connectivity index (χ3v) is 5.34. The van der Waals surface area contributed by atoms with E-state index in [1.54, 1.807) is 6.20 Å². The first-order valence-corrected chi connectivity index (χ1v) is 8.15. The van der Waals surface area contributed by atoms with Crippen LogP contribution in [0.3, 0.4) is 0 Å². The molecule has 0 N–H and O–H groups in total. The minimum absolute atomic E-state index is 0.259. The van der Waals surface area contributed by atoms with E-state index in [2.05, 4.69) is 39.4 Å². The Balaban J connectivity index is 1.39. The molecule has 3 aromatic rings. The summed E-state index contributed by atoms with van der Waals surface area (Å²) in [6.07, 6.45) is 7.81. The van der Waals surface area contributed by atoms with Crippen LogP contribution in [0.4, 0.5) is 0 Å². The van der Waals surface area contributed by atoms with Crippen molar-refractivity contribution in [1.82, 2.24) is 15.1 Å². The van der Waals surface area contributed by atoms with Gasteiger partial charge in [-0.3, -0.25) is 4.98 Å². The van der Waals surface area contributed by atoms with Gasteiger partial charge in [-0.25, -0.2) is 0 Å². The monoisotopic (exact) mass is 303 g/mol. The van der Waals surface area contributed by atoms with E-state index in [9.17, 15) is 0 Å². The molecule has 2 atom stereocenters. The van der Waals surface area contributed by atoms with Crippen LogP contribution in [-0.2, 0) is 18.3 Å². The van der Waals surface area contributed by atoms with Crippen LogP contribution in [-0.4, -0.2) is 15.1 Å². The summed E-state index contributed by atoms with van der Waals surface area (Å²) in [4.78, 5) is 8.79.